The molecule has 0 aliphatic carbocycles. The van der Waals surface area contributed by atoms with Gasteiger partial charge in [-0.05, 0) is 35.2 Å². The molecule has 0 bridgehead atoms. The van der Waals surface area contributed by atoms with E-state index in [4.69, 9.17) is 4.74 Å². The van der Waals surface area contributed by atoms with E-state index in [1.165, 1.54) is 16.7 Å². The van der Waals surface area contributed by atoms with Crippen LogP contribution in [0.15, 0.2) is 66.2 Å². The van der Waals surface area contributed by atoms with Gasteiger partial charge in [-0.15, -0.1) is 24.0 Å². The van der Waals surface area contributed by atoms with Crippen LogP contribution in [0.1, 0.15) is 29.0 Å². The molecular formula is C23H29IN6O. The van der Waals surface area contributed by atoms with Crippen LogP contribution in [0.5, 0.6) is 5.75 Å². The number of halogens is 1. The van der Waals surface area contributed by atoms with Gasteiger partial charge in [0.15, 0.2) is 5.96 Å². The zero-order valence-corrected chi connectivity index (χ0v) is 20.3. The number of likely N-dealkylation sites (tertiary alicyclic amines) is 1. The SMILES string of the molecule is CN=C(NCc1cccc(Cn2cncn2)c1)N1CCC(c2ccc(OC)cc2)C1.I. The van der Waals surface area contributed by atoms with Gasteiger partial charge in [0, 0.05) is 32.6 Å². The molecule has 1 fully saturated rings. The Bertz CT molecular complexity index is 974. The van der Waals surface area contributed by atoms with Crippen molar-refractivity contribution in [2.45, 2.75) is 25.4 Å². The van der Waals surface area contributed by atoms with E-state index in [0.717, 1.165) is 44.3 Å². The van der Waals surface area contributed by atoms with Gasteiger partial charge in [-0.1, -0.05) is 36.4 Å². The number of aromatic nitrogens is 3. The van der Waals surface area contributed by atoms with E-state index in [9.17, 15) is 0 Å². The van der Waals surface area contributed by atoms with Crippen molar-refractivity contribution < 1.29 is 4.74 Å². The predicted octanol–water partition coefficient (Wildman–Crippen LogP) is 3.52. The van der Waals surface area contributed by atoms with Crippen molar-refractivity contribution in [2.75, 3.05) is 27.2 Å². The fourth-order valence-electron chi connectivity index (χ4n) is 3.95. The number of rotatable bonds is 6. The second-order valence-corrected chi connectivity index (χ2v) is 7.52. The molecular weight excluding hydrogens is 503 g/mol. The summed E-state index contributed by atoms with van der Waals surface area (Å²) in [5.41, 5.74) is 3.78. The third kappa shape index (κ3) is 5.96. The van der Waals surface area contributed by atoms with Gasteiger partial charge in [0.05, 0.1) is 13.7 Å². The molecule has 31 heavy (non-hydrogen) atoms. The van der Waals surface area contributed by atoms with E-state index < -0.39 is 0 Å². The smallest absolute Gasteiger partial charge is 0.193 e. The van der Waals surface area contributed by atoms with Crippen molar-refractivity contribution in [3.63, 3.8) is 0 Å². The zero-order valence-electron chi connectivity index (χ0n) is 17.9. The Balaban J connectivity index is 0.00000272. The molecule has 8 heteroatoms. The van der Waals surface area contributed by atoms with E-state index >= 15 is 0 Å². The lowest BCUT2D eigenvalue weighted by Gasteiger charge is -2.22. The Morgan fingerprint density at radius 2 is 2.00 bits per heavy atom. The van der Waals surface area contributed by atoms with Crippen molar-refractivity contribution >= 4 is 29.9 Å². The number of benzene rings is 2. The summed E-state index contributed by atoms with van der Waals surface area (Å²) in [5, 5.41) is 7.70. The number of guanidine groups is 1. The second-order valence-electron chi connectivity index (χ2n) is 7.52. The number of nitrogens with one attached hydrogen (secondary N) is 1. The van der Waals surface area contributed by atoms with Gasteiger partial charge in [-0.25, -0.2) is 9.67 Å². The lowest BCUT2D eigenvalue weighted by molar-refractivity contribution is 0.414. The van der Waals surface area contributed by atoms with Crippen LogP contribution in [-0.4, -0.2) is 52.9 Å². The van der Waals surface area contributed by atoms with Crippen molar-refractivity contribution in [3.8, 4) is 5.75 Å². The Kier molecular flexibility index (Phi) is 8.27. The maximum atomic E-state index is 5.27. The summed E-state index contributed by atoms with van der Waals surface area (Å²) in [6.07, 6.45) is 4.42. The third-order valence-corrected chi connectivity index (χ3v) is 5.54. The van der Waals surface area contributed by atoms with Crippen LogP contribution in [0, 0.1) is 0 Å². The normalized spacial score (nSPS) is 16.1. The standard InChI is InChI=1S/C23H28N6O.HI/c1-24-23(28-11-10-21(15-28)20-6-8-22(30-2)9-7-20)26-13-18-4-3-5-19(12-18)14-29-17-25-16-27-29;/h3-9,12,16-17,21H,10-11,13-15H2,1-2H3,(H,24,26);1H. The Morgan fingerprint density at radius 3 is 2.71 bits per heavy atom. The van der Waals surface area contributed by atoms with Gasteiger partial charge in [0.25, 0.3) is 0 Å². The predicted molar refractivity (Wildman–Crippen MR) is 133 cm³/mol. The molecule has 4 rings (SSSR count). The zero-order chi connectivity index (χ0) is 20.8. The van der Waals surface area contributed by atoms with Crippen molar-refractivity contribution in [1.82, 2.24) is 25.0 Å². The van der Waals surface area contributed by atoms with Crippen LogP contribution in [0.2, 0.25) is 0 Å². The summed E-state index contributed by atoms with van der Waals surface area (Å²) in [6.45, 7) is 3.43. The fourth-order valence-corrected chi connectivity index (χ4v) is 3.95. The molecule has 1 aliphatic rings. The van der Waals surface area contributed by atoms with Gasteiger partial charge in [0.1, 0.15) is 18.4 Å². The number of hydrogen-bond acceptors (Lipinski definition) is 4. The summed E-state index contributed by atoms with van der Waals surface area (Å²) >= 11 is 0. The van der Waals surface area contributed by atoms with Crippen LogP contribution >= 0.6 is 24.0 Å². The summed E-state index contributed by atoms with van der Waals surface area (Å²) in [5.74, 6) is 2.37. The third-order valence-electron chi connectivity index (χ3n) is 5.54. The highest BCUT2D eigenvalue weighted by Crippen LogP contribution is 2.28. The van der Waals surface area contributed by atoms with Crippen molar-refractivity contribution in [2.24, 2.45) is 4.99 Å². The lowest BCUT2D eigenvalue weighted by atomic mass is 9.98. The molecule has 1 aromatic heterocycles. The minimum Gasteiger partial charge on any atom is -0.497 e. The van der Waals surface area contributed by atoms with E-state index in [-0.39, 0.29) is 24.0 Å². The molecule has 1 saturated heterocycles. The molecule has 1 N–H and O–H groups in total. The molecule has 1 unspecified atom stereocenters. The van der Waals surface area contributed by atoms with Gasteiger partial charge in [0.2, 0.25) is 0 Å². The minimum absolute atomic E-state index is 0. The minimum atomic E-state index is 0. The van der Waals surface area contributed by atoms with Crippen LogP contribution in [0.4, 0.5) is 0 Å². The fraction of sp³-hybridized carbons (Fsp3) is 0.348. The first-order chi connectivity index (χ1) is 14.7. The number of nitrogens with zero attached hydrogens (tertiary/aromatic N) is 5. The summed E-state index contributed by atoms with van der Waals surface area (Å²) < 4.78 is 7.10. The molecule has 7 nitrogen and oxygen atoms in total. The topological polar surface area (TPSA) is 67.6 Å². The molecule has 0 radical (unpaired) electrons. The summed E-state index contributed by atoms with van der Waals surface area (Å²) in [7, 11) is 3.55. The molecule has 0 amide bonds. The lowest BCUT2D eigenvalue weighted by Crippen LogP contribution is -2.39. The number of methoxy groups -OCH3 is 1. The number of aliphatic imine (C=N–C) groups is 1. The van der Waals surface area contributed by atoms with Crippen LogP contribution in [-0.2, 0) is 13.1 Å². The maximum Gasteiger partial charge on any atom is 0.193 e. The second kappa shape index (κ2) is 11.1. The van der Waals surface area contributed by atoms with Gasteiger partial charge in [-0.3, -0.25) is 4.99 Å². The maximum absolute atomic E-state index is 5.27. The average Bonchev–Trinajstić information content (AvgIpc) is 3.47. The largest absolute Gasteiger partial charge is 0.497 e. The first kappa shape index (κ1) is 23.1. The first-order valence-electron chi connectivity index (χ1n) is 10.2. The van der Waals surface area contributed by atoms with E-state index in [1.54, 1.807) is 19.8 Å². The van der Waals surface area contributed by atoms with Crippen LogP contribution < -0.4 is 10.1 Å². The molecule has 0 saturated carbocycles. The van der Waals surface area contributed by atoms with Crippen LogP contribution in [0.3, 0.4) is 0 Å². The Morgan fingerprint density at radius 1 is 1.19 bits per heavy atom. The van der Waals surface area contributed by atoms with Crippen molar-refractivity contribution in [3.05, 3.63) is 77.9 Å². The first-order valence-corrected chi connectivity index (χ1v) is 10.2. The summed E-state index contributed by atoms with van der Waals surface area (Å²) in [6, 6.07) is 16.9. The molecule has 1 atom stereocenters. The molecule has 0 spiro atoms. The summed E-state index contributed by atoms with van der Waals surface area (Å²) in [4.78, 5) is 10.9. The van der Waals surface area contributed by atoms with E-state index in [2.05, 4.69) is 61.7 Å². The Labute approximate surface area is 200 Å². The van der Waals surface area contributed by atoms with Gasteiger partial charge < -0.3 is 15.0 Å². The van der Waals surface area contributed by atoms with Crippen molar-refractivity contribution in [1.29, 1.82) is 0 Å². The molecule has 164 valence electrons. The highest BCUT2D eigenvalue weighted by atomic mass is 127. The van der Waals surface area contributed by atoms with E-state index in [0.29, 0.717) is 5.92 Å². The molecule has 2 aromatic carbocycles. The number of hydrogen-bond donors (Lipinski definition) is 1. The quantitative estimate of drug-likeness (QED) is 0.299. The molecule has 3 aromatic rings. The highest BCUT2D eigenvalue weighted by Gasteiger charge is 2.26. The molecule has 2 heterocycles. The molecule has 1 aliphatic heterocycles. The highest BCUT2D eigenvalue weighted by molar-refractivity contribution is 14.0. The van der Waals surface area contributed by atoms with E-state index in [1.807, 2.05) is 23.9 Å². The van der Waals surface area contributed by atoms with Gasteiger partial charge >= 0.3 is 0 Å². The number of ether oxygens (including phenoxy) is 1. The average molecular weight is 532 g/mol. The van der Waals surface area contributed by atoms with Gasteiger partial charge in [-0.2, -0.15) is 5.10 Å². The Hall–Kier alpha value is -2.62. The van der Waals surface area contributed by atoms with Crippen LogP contribution in [0.25, 0.3) is 0 Å². The monoisotopic (exact) mass is 532 g/mol.